The predicted molar refractivity (Wildman–Crippen MR) is 107 cm³/mol. The number of amides is 1. The summed E-state index contributed by atoms with van der Waals surface area (Å²) in [7, 11) is 0. The molecule has 3 aromatic rings. The third kappa shape index (κ3) is 4.51. The Morgan fingerprint density at radius 1 is 1.15 bits per heavy atom. The number of carbonyl (C=O) groups is 1. The molecular formula is C20H17BrFNO2S. The molecule has 1 amide bonds. The Balaban J connectivity index is 1.63. The third-order valence-electron chi connectivity index (χ3n) is 3.94. The zero-order chi connectivity index (χ0) is 18.7. The largest absolute Gasteiger partial charge is 0.489 e. The summed E-state index contributed by atoms with van der Waals surface area (Å²) in [5.74, 6) is -0.0292. The van der Waals surface area contributed by atoms with Gasteiger partial charge < -0.3 is 10.1 Å². The molecule has 134 valence electrons. The van der Waals surface area contributed by atoms with Crippen LogP contribution in [0.15, 0.2) is 52.3 Å². The Kier molecular flexibility index (Phi) is 5.74. The molecular weight excluding hydrogens is 417 g/mol. The molecule has 1 aromatic heterocycles. The normalized spacial score (nSPS) is 10.6. The van der Waals surface area contributed by atoms with Crippen molar-refractivity contribution in [1.29, 1.82) is 0 Å². The van der Waals surface area contributed by atoms with Gasteiger partial charge in [0.15, 0.2) is 0 Å². The number of nitrogens with one attached hydrogen (secondary N) is 1. The van der Waals surface area contributed by atoms with Crippen LogP contribution in [0.5, 0.6) is 5.75 Å². The number of aryl methyl sites for hydroxylation is 2. The van der Waals surface area contributed by atoms with E-state index in [-0.39, 0.29) is 11.6 Å². The van der Waals surface area contributed by atoms with Gasteiger partial charge in [0.25, 0.3) is 5.91 Å². The number of hydrogen-bond donors (Lipinski definition) is 1. The Morgan fingerprint density at radius 2 is 1.96 bits per heavy atom. The van der Waals surface area contributed by atoms with Crippen molar-refractivity contribution < 1.29 is 13.9 Å². The van der Waals surface area contributed by atoms with Crippen molar-refractivity contribution in [2.45, 2.75) is 20.5 Å². The Hall–Kier alpha value is -2.18. The summed E-state index contributed by atoms with van der Waals surface area (Å²) < 4.78 is 20.2. The van der Waals surface area contributed by atoms with Crippen LogP contribution < -0.4 is 10.1 Å². The average molecular weight is 434 g/mol. The Morgan fingerprint density at radius 3 is 2.69 bits per heavy atom. The number of ether oxygens (including phenoxy) is 1. The molecule has 0 aliphatic rings. The molecule has 2 aromatic carbocycles. The summed E-state index contributed by atoms with van der Waals surface area (Å²) in [5, 5.41) is 4.46. The standard InChI is InChI=1S/C20H17BrFNO2S/c1-12-3-5-16(7-13(12)2)25-10-14-8-19(26-11-14)20(24)23-18-6-4-15(21)9-17(18)22/h3-9,11H,10H2,1-2H3,(H,23,24). The second kappa shape index (κ2) is 8.01. The number of anilines is 1. The number of halogens is 2. The summed E-state index contributed by atoms with van der Waals surface area (Å²) in [5.41, 5.74) is 3.44. The van der Waals surface area contributed by atoms with Gasteiger partial charge in [-0.25, -0.2) is 4.39 Å². The monoisotopic (exact) mass is 433 g/mol. The van der Waals surface area contributed by atoms with Crippen molar-refractivity contribution >= 4 is 38.9 Å². The lowest BCUT2D eigenvalue weighted by atomic mass is 10.1. The summed E-state index contributed by atoms with van der Waals surface area (Å²) >= 11 is 4.49. The van der Waals surface area contributed by atoms with Gasteiger partial charge in [-0.3, -0.25) is 4.79 Å². The molecule has 0 saturated carbocycles. The lowest BCUT2D eigenvalue weighted by Gasteiger charge is -2.07. The van der Waals surface area contributed by atoms with Crippen molar-refractivity contribution in [1.82, 2.24) is 0 Å². The molecule has 3 nitrogen and oxygen atoms in total. The molecule has 0 aliphatic carbocycles. The van der Waals surface area contributed by atoms with Crippen LogP contribution in [0.1, 0.15) is 26.4 Å². The van der Waals surface area contributed by atoms with Gasteiger partial charge in [0.05, 0.1) is 10.6 Å². The molecule has 0 atom stereocenters. The first kappa shape index (κ1) is 18.6. The van der Waals surface area contributed by atoms with E-state index < -0.39 is 5.82 Å². The number of benzene rings is 2. The van der Waals surface area contributed by atoms with Gasteiger partial charge in [0.1, 0.15) is 18.2 Å². The van der Waals surface area contributed by atoms with E-state index in [4.69, 9.17) is 4.74 Å². The van der Waals surface area contributed by atoms with Crippen LogP contribution in [0.3, 0.4) is 0 Å². The fourth-order valence-electron chi connectivity index (χ4n) is 2.32. The molecule has 6 heteroatoms. The van der Waals surface area contributed by atoms with Crippen LogP contribution in [0, 0.1) is 19.7 Å². The maximum Gasteiger partial charge on any atom is 0.265 e. The molecule has 1 heterocycles. The van der Waals surface area contributed by atoms with Crippen LogP contribution in [-0.4, -0.2) is 5.91 Å². The maximum atomic E-state index is 13.8. The van der Waals surface area contributed by atoms with E-state index in [1.807, 2.05) is 30.5 Å². The SMILES string of the molecule is Cc1ccc(OCc2csc(C(=O)Nc3ccc(Br)cc3F)c2)cc1C. The summed E-state index contributed by atoms with van der Waals surface area (Å²) in [6.45, 7) is 4.46. The van der Waals surface area contributed by atoms with Crippen molar-refractivity contribution in [3.63, 3.8) is 0 Å². The van der Waals surface area contributed by atoms with Crippen LogP contribution >= 0.6 is 27.3 Å². The lowest BCUT2D eigenvalue weighted by Crippen LogP contribution is -2.11. The average Bonchev–Trinajstić information content (AvgIpc) is 3.07. The first-order valence-electron chi connectivity index (χ1n) is 7.96. The first-order chi connectivity index (χ1) is 12.4. The first-order valence-corrected chi connectivity index (χ1v) is 9.63. The summed E-state index contributed by atoms with van der Waals surface area (Å²) in [4.78, 5) is 12.8. The number of thiophene rings is 1. The number of rotatable bonds is 5. The van der Waals surface area contributed by atoms with Gasteiger partial charge in [-0.05, 0) is 66.8 Å². The minimum Gasteiger partial charge on any atom is -0.489 e. The second-order valence-electron chi connectivity index (χ2n) is 5.93. The van der Waals surface area contributed by atoms with Crippen molar-refractivity contribution in [2.24, 2.45) is 0 Å². The van der Waals surface area contributed by atoms with E-state index in [1.54, 1.807) is 12.1 Å². The highest BCUT2D eigenvalue weighted by atomic mass is 79.9. The summed E-state index contributed by atoms with van der Waals surface area (Å²) in [6, 6.07) is 12.2. The molecule has 0 bridgehead atoms. The summed E-state index contributed by atoms with van der Waals surface area (Å²) in [6.07, 6.45) is 0. The highest BCUT2D eigenvalue weighted by molar-refractivity contribution is 9.10. The fourth-order valence-corrected chi connectivity index (χ4v) is 3.44. The maximum absolute atomic E-state index is 13.8. The second-order valence-corrected chi connectivity index (χ2v) is 7.76. The molecule has 0 unspecified atom stereocenters. The van der Waals surface area contributed by atoms with E-state index in [2.05, 4.69) is 28.2 Å². The van der Waals surface area contributed by atoms with Gasteiger partial charge in [-0.1, -0.05) is 22.0 Å². The van der Waals surface area contributed by atoms with Gasteiger partial charge in [-0.15, -0.1) is 11.3 Å². The lowest BCUT2D eigenvalue weighted by molar-refractivity contribution is 0.103. The Bertz CT molecular complexity index is 955. The zero-order valence-corrected chi connectivity index (χ0v) is 16.7. The third-order valence-corrected chi connectivity index (χ3v) is 5.41. The van der Waals surface area contributed by atoms with E-state index in [0.29, 0.717) is 16.0 Å². The van der Waals surface area contributed by atoms with Gasteiger partial charge in [-0.2, -0.15) is 0 Å². The van der Waals surface area contributed by atoms with Gasteiger partial charge >= 0.3 is 0 Å². The quantitative estimate of drug-likeness (QED) is 0.527. The molecule has 0 spiro atoms. The number of carbonyl (C=O) groups excluding carboxylic acids is 1. The minimum atomic E-state index is -0.484. The van der Waals surface area contributed by atoms with Crippen LogP contribution in [0.25, 0.3) is 0 Å². The minimum absolute atomic E-state index is 0.152. The molecule has 0 radical (unpaired) electrons. The predicted octanol–water partition coefficient (Wildman–Crippen LogP) is 6.10. The van der Waals surface area contributed by atoms with Crippen molar-refractivity contribution in [2.75, 3.05) is 5.32 Å². The van der Waals surface area contributed by atoms with Gasteiger partial charge in [0, 0.05) is 10.0 Å². The highest BCUT2D eigenvalue weighted by Crippen LogP contribution is 2.23. The smallest absolute Gasteiger partial charge is 0.265 e. The topological polar surface area (TPSA) is 38.3 Å². The molecule has 0 fully saturated rings. The Labute approximate surface area is 164 Å². The fraction of sp³-hybridized carbons (Fsp3) is 0.150. The van der Waals surface area contributed by atoms with Gasteiger partial charge in [0.2, 0.25) is 0 Å². The van der Waals surface area contributed by atoms with E-state index in [1.165, 1.54) is 34.6 Å². The van der Waals surface area contributed by atoms with E-state index in [0.717, 1.165) is 11.3 Å². The molecule has 1 N–H and O–H groups in total. The van der Waals surface area contributed by atoms with Crippen LogP contribution in [-0.2, 0) is 6.61 Å². The highest BCUT2D eigenvalue weighted by Gasteiger charge is 2.12. The van der Waals surface area contributed by atoms with Crippen LogP contribution in [0.4, 0.5) is 10.1 Å². The molecule has 3 rings (SSSR count). The van der Waals surface area contributed by atoms with Crippen molar-refractivity contribution in [3.8, 4) is 5.75 Å². The van der Waals surface area contributed by atoms with E-state index in [9.17, 15) is 9.18 Å². The zero-order valence-electron chi connectivity index (χ0n) is 14.3. The van der Waals surface area contributed by atoms with Crippen LogP contribution in [0.2, 0.25) is 0 Å². The number of hydrogen-bond acceptors (Lipinski definition) is 3. The van der Waals surface area contributed by atoms with Crippen molar-refractivity contribution in [3.05, 3.63) is 79.7 Å². The molecule has 0 saturated heterocycles. The molecule has 0 aliphatic heterocycles. The molecule has 26 heavy (non-hydrogen) atoms. The van der Waals surface area contributed by atoms with E-state index >= 15 is 0 Å².